The Bertz CT molecular complexity index is 620. The highest BCUT2D eigenvalue weighted by Gasteiger charge is 2.20. The fourth-order valence-electron chi connectivity index (χ4n) is 2.80. The number of methoxy groups -OCH3 is 1. The Morgan fingerprint density at radius 2 is 2.09 bits per heavy atom. The maximum absolute atomic E-state index is 11.2. The van der Waals surface area contributed by atoms with Crippen molar-refractivity contribution in [3.05, 3.63) is 35.9 Å². The highest BCUT2D eigenvalue weighted by Crippen LogP contribution is 2.15. The molecule has 1 fully saturated rings. The number of rotatable bonds is 7. The van der Waals surface area contributed by atoms with E-state index in [0.717, 1.165) is 50.2 Å². The first-order valence-corrected chi connectivity index (χ1v) is 9.85. The monoisotopic (exact) mass is 338 g/mol. The van der Waals surface area contributed by atoms with Gasteiger partial charge in [0.05, 0.1) is 13.4 Å². The van der Waals surface area contributed by atoms with Crippen molar-refractivity contribution in [2.24, 2.45) is 0 Å². The number of benzene rings is 1. The number of hydrogen-bond donors (Lipinski definition) is 1. The molecule has 5 nitrogen and oxygen atoms in total. The van der Waals surface area contributed by atoms with Crippen LogP contribution < -0.4 is 9.46 Å². The molecule has 1 N–H and O–H groups in total. The van der Waals surface area contributed by atoms with Gasteiger partial charge in [-0.15, -0.1) is 0 Å². The van der Waals surface area contributed by atoms with Crippen LogP contribution in [-0.2, 0) is 10.0 Å². The second-order valence-corrected chi connectivity index (χ2v) is 7.75. The number of hydrogen-bond acceptors (Lipinski definition) is 4. The van der Waals surface area contributed by atoms with Crippen molar-refractivity contribution >= 4 is 16.1 Å². The van der Waals surface area contributed by atoms with E-state index in [9.17, 15) is 8.42 Å². The Balaban J connectivity index is 1.70. The van der Waals surface area contributed by atoms with Gasteiger partial charge in [0, 0.05) is 12.6 Å². The van der Waals surface area contributed by atoms with Gasteiger partial charge >= 0.3 is 0 Å². The molecule has 128 valence electrons. The van der Waals surface area contributed by atoms with E-state index in [1.165, 1.54) is 6.26 Å². The maximum Gasteiger partial charge on any atom is 0.208 e. The van der Waals surface area contributed by atoms with Crippen LogP contribution in [0, 0.1) is 0 Å². The van der Waals surface area contributed by atoms with Gasteiger partial charge < -0.3 is 9.64 Å². The molecule has 1 aliphatic rings. The fourth-order valence-corrected chi connectivity index (χ4v) is 3.64. The van der Waals surface area contributed by atoms with E-state index in [-0.39, 0.29) is 6.04 Å². The van der Waals surface area contributed by atoms with Crippen LogP contribution in [0.15, 0.2) is 30.3 Å². The van der Waals surface area contributed by atoms with Crippen LogP contribution in [0.3, 0.4) is 0 Å². The summed E-state index contributed by atoms with van der Waals surface area (Å²) in [5.74, 6) is 0.868. The quantitative estimate of drug-likeness (QED) is 0.827. The standard InChI is InChI=1S/C17H26N2O3S/c1-22-17-8-5-7-15(14-17)6-3-4-11-19-12-9-16(10-13-19)18-23(2,20)21/h3,5-8,14,16,18H,4,9-13H2,1-2H3. The van der Waals surface area contributed by atoms with Gasteiger partial charge in [-0.25, -0.2) is 13.1 Å². The minimum absolute atomic E-state index is 0.0913. The topological polar surface area (TPSA) is 58.6 Å². The molecule has 1 aromatic rings. The van der Waals surface area contributed by atoms with Crippen LogP contribution in [0.1, 0.15) is 24.8 Å². The molecule has 0 saturated carbocycles. The summed E-state index contributed by atoms with van der Waals surface area (Å²) in [5.41, 5.74) is 1.14. The molecule has 1 heterocycles. The summed E-state index contributed by atoms with van der Waals surface area (Å²) in [6.45, 7) is 2.90. The van der Waals surface area contributed by atoms with Gasteiger partial charge in [-0.05, 0) is 50.0 Å². The lowest BCUT2D eigenvalue weighted by atomic mass is 10.1. The van der Waals surface area contributed by atoms with Crippen molar-refractivity contribution in [1.29, 1.82) is 0 Å². The molecule has 0 atom stereocenters. The number of ether oxygens (including phenoxy) is 1. The van der Waals surface area contributed by atoms with Crippen molar-refractivity contribution in [2.75, 3.05) is 33.0 Å². The Morgan fingerprint density at radius 1 is 1.35 bits per heavy atom. The first-order chi connectivity index (χ1) is 11.0. The molecule has 0 bridgehead atoms. The summed E-state index contributed by atoms with van der Waals surface area (Å²) in [6, 6.07) is 8.08. The lowest BCUT2D eigenvalue weighted by molar-refractivity contribution is 0.211. The molecule has 0 spiro atoms. The third-order valence-corrected chi connectivity index (χ3v) is 4.75. The second kappa shape index (κ2) is 8.47. The molecule has 23 heavy (non-hydrogen) atoms. The number of likely N-dealkylation sites (tertiary alicyclic amines) is 1. The molecule has 0 unspecified atom stereocenters. The third-order valence-electron chi connectivity index (χ3n) is 3.98. The summed E-state index contributed by atoms with van der Waals surface area (Å²) >= 11 is 0. The smallest absolute Gasteiger partial charge is 0.208 e. The third kappa shape index (κ3) is 6.72. The Hall–Kier alpha value is -1.37. The van der Waals surface area contributed by atoms with Crippen molar-refractivity contribution in [3.63, 3.8) is 0 Å². The van der Waals surface area contributed by atoms with Crippen LogP contribution in [0.25, 0.3) is 6.08 Å². The zero-order valence-corrected chi connectivity index (χ0v) is 14.7. The first kappa shape index (κ1) is 18.0. The largest absolute Gasteiger partial charge is 0.497 e. The van der Waals surface area contributed by atoms with Crippen LogP contribution in [-0.4, -0.2) is 52.4 Å². The van der Waals surface area contributed by atoms with Crippen LogP contribution >= 0.6 is 0 Å². The van der Waals surface area contributed by atoms with Gasteiger partial charge in [0.1, 0.15) is 5.75 Å². The number of nitrogens with zero attached hydrogens (tertiary/aromatic N) is 1. The highest BCUT2D eigenvalue weighted by atomic mass is 32.2. The molecular weight excluding hydrogens is 312 g/mol. The molecule has 6 heteroatoms. The van der Waals surface area contributed by atoms with Crippen molar-refractivity contribution in [1.82, 2.24) is 9.62 Å². The van der Waals surface area contributed by atoms with Crippen molar-refractivity contribution in [2.45, 2.75) is 25.3 Å². The lowest BCUT2D eigenvalue weighted by Crippen LogP contribution is -2.44. The number of nitrogens with one attached hydrogen (secondary N) is 1. The molecule has 1 aliphatic heterocycles. The summed E-state index contributed by atoms with van der Waals surface area (Å²) in [6.07, 6.45) is 8.26. The van der Waals surface area contributed by atoms with Crippen LogP contribution in [0.5, 0.6) is 5.75 Å². The first-order valence-electron chi connectivity index (χ1n) is 7.96. The van der Waals surface area contributed by atoms with Gasteiger partial charge in [-0.3, -0.25) is 0 Å². The summed E-state index contributed by atoms with van der Waals surface area (Å²) < 4.78 is 30.4. The minimum Gasteiger partial charge on any atom is -0.497 e. The van der Waals surface area contributed by atoms with E-state index in [1.54, 1.807) is 7.11 Å². The zero-order chi connectivity index (χ0) is 16.7. The number of sulfonamides is 1. The van der Waals surface area contributed by atoms with Crippen LogP contribution in [0.4, 0.5) is 0 Å². The van der Waals surface area contributed by atoms with Gasteiger partial charge in [-0.1, -0.05) is 24.3 Å². The van der Waals surface area contributed by atoms with Crippen molar-refractivity contribution < 1.29 is 13.2 Å². The molecule has 2 rings (SSSR count). The van der Waals surface area contributed by atoms with Gasteiger partial charge in [0.25, 0.3) is 0 Å². The fraction of sp³-hybridized carbons (Fsp3) is 0.529. The molecule has 0 aromatic heterocycles. The highest BCUT2D eigenvalue weighted by molar-refractivity contribution is 7.88. The van der Waals surface area contributed by atoms with Gasteiger partial charge in [0.15, 0.2) is 0 Å². The van der Waals surface area contributed by atoms with E-state index in [4.69, 9.17) is 4.74 Å². The predicted octanol–water partition coefficient (Wildman–Crippen LogP) is 2.11. The molecule has 0 amide bonds. The van der Waals surface area contributed by atoms with Crippen molar-refractivity contribution in [3.8, 4) is 5.75 Å². The molecule has 1 aromatic carbocycles. The Morgan fingerprint density at radius 3 is 2.74 bits per heavy atom. The van der Waals surface area contributed by atoms with E-state index in [1.807, 2.05) is 18.2 Å². The summed E-state index contributed by atoms with van der Waals surface area (Å²) in [7, 11) is -1.42. The lowest BCUT2D eigenvalue weighted by Gasteiger charge is -2.31. The predicted molar refractivity (Wildman–Crippen MR) is 94.1 cm³/mol. The molecule has 0 aliphatic carbocycles. The Labute approximate surface area is 139 Å². The number of piperidine rings is 1. The molecule has 0 radical (unpaired) electrons. The van der Waals surface area contributed by atoms with Crippen LogP contribution in [0.2, 0.25) is 0 Å². The van der Waals surface area contributed by atoms with E-state index in [0.29, 0.717) is 0 Å². The average molecular weight is 338 g/mol. The second-order valence-electron chi connectivity index (χ2n) is 5.97. The van der Waals surface area contributed by atoms with E-state index >= 15 is 0 Å². The minimum atomic E-state index is -3.09. The Kier molecular flexibility index (Phi) is 6.62. The zero-order valence-electron chi connectivity index (χ0n) is 13.9. The summed E-state index contributed by atoms with van der Waals surface area (Å²) in [4.78, 5) is 2.39. The maximum atomic E-state index is 11.2. The average Bonchev–Trinajstić information content (AvgIpc) is 2.52. The summed E-state index contributed by atoms with van der Waals surface area (Å²) in [5, 5.41) is 0. The SMILES string of the molecule is COc1cccc(C=CCCN2CCC(NS(C)(=O)=O)CC2)c1. The molecule has 1 saturated heterocycles. The van der Waals surface area contributed by atoms with E-state index < -0.39 is 10.0 Å². The van der Waals surface area contributed by atoms with Gasteiger partial charge in [0.2, 0.25) is 10.0 Å². The molecular formula is C17H26N2O3S. The van der Waals surface area contributed by atoms with E-state index in [2.05, 4.69) is 27.8 Å². The van der Waals surface area contributed by atoms with Gasteiger partial charge in [-0.2, -0.15) is 0 Å². The normalized spacial score (nSPS) is 17.7.